The molecule has 4 nitrogen and oxygen atoms in total. The molecule has 2 aromatic carbocycles. The number of hydrogen-bond donors (Lipinski definition) is 1. The lowest BCUT2D eigenvalue weighted by atomic mass is 10.1. The predicted octanol–water partition coefficient (Wildman–Crippen LogP) is 7.04. The molecule has 0 unspecified atom stereocenters. The van der Waals surface area contributed by atoms with Gasteiger partial charge in [0.2, 0.25) is 0 Å². The van der Waals surface area contributed by atoms with Crippen molar-refractivity contribution in [2.45, 2.75) is 0 Å². The number of nitrogens with zero attached hydrogens (tertiary/aromatic N) is 1. The van der Waals surface area contributed by atoms with E-state index >= 15 is 0 Å². The third-order valence-electron chi connectivity index (χ3n) is 4.06. The van der Waals surface area contributed by atoms with Crippen LogP contribution in [0.25, 0.3) is 33.7 Å². The van der Waals surface area contributed by atoms with Crippen molar-refractivity contribution in [1.82, 2.24) is 4.98 Å². The minimum Gasteiger partial charge on any atom is -0.478 e. The molecule has 0 saturated heterocycles. The molecule has 0 saturated carbocycles. The molecular weight excluding hydrogens is 497 g/mol. The van der Waals surface area contributed by atoms with Crippen LogP contribution < -0.4 is 0 Å². The molecule has 27 heavy (non-hydrogen) atoms. The van der Waals surface area contributed by atoms with Gasteiger partial charge in [0.1, 0.15) is 11.5 Å². The zero-order valence-electron chi connectivity index (χ0n) is 13.5. The van der Waals surface area contributed by atoms with Crippen molar-refractivity contribution in [3.63, 3.8) is 0 Å². The van der Waals surface area contributed by atoms with Crippen molar-refractivity contribution in [1.29, 1.82) is 0 Å². The van der Waals surface area contributed by atoms with E-state index < -0.39 is 5.97 Å². The Labute approximate surface area is 176 Å². The summed E-state index contributed by atoms with van der Waals surface area (Å²) in [6.45, 7) is 0. The fourth-order valence-electron chi connectivity index (χ4n) is 2.78. The summed E-state index contributed by atoms with van der Waals surface area (Å²) in [5.41, 5.74) is 2.02. The highest BCUT2D eigenvalue weighted by Gasteiger charge is 2.16. The van der Waals surface area contributed by atoms with Crippen molar-refractivity contribution in [2.24, 2.45) is 0 Å². The van der Waals surface area contributed by atoms with E-state index in [4.69, 9.17) is 16.0 Å². The van der Waals surface area contributed by atoms with Gasteiger partial charge in [0.15, 0.2) is 5.76 Å². The van der Waals surface area contributed by atoms with Gasteiger partial charge in [0.05, 0.1) is 16.1 Å². The lowest BCUT2D eigenvalue weighted by Crippen LogP contribution is -2.00. The molecule has 2 heterocycles. The molecule has 0 aliphatic carbocycles. The van der Waals surface area contributed by atoms with Crippen LogP contribution >= 0.6 is 43.5 Å². The fourth-order valence-corrected chi connectivity index (χ4v) is 3.57. The molecule has 2 aromatic heterocycles. The molecule has 0 amide bonds. The van der Waals surface area contributed by atoms with Crippen LogP contribution in [0.15, 0.2) is 68.0 Å². The monoisotopic (exact) mass is 505 g/mol. The molecule has 0 bridgehead atoms. The Morgan fingerprint density at radius 1 is 1.00 bits per heavy atom. The predicted molar refractivity (Wildman–Crippen MR) is 112 cm³/mol. The standard InChI is InChI=1S/C20H10Br2ClNO3/c21-11-2-4-16-12(8-11)13(20(25)26)9-17(24-16)19-6-5-18(27-19)10-1-3-14(22)15(23)7-10/h1-9H,(H,25,26). The van der Waals surface area contributed by atoms with Gasteiger partial charge >= 0.3 is 5.97 Å². The summed E-state index contributed by atoms with van der Waals surface area (Å²) in [6, 6.07) is 16.0. The highest BCUT2D eigenvalue weighted by Crippen LogP contribution is 2.33. The molecule has 0 spiro atoms. The minimum atomic E-state index is -1.02. The van der Waals surface area contributed by atoms with Crippen molar-refractivity contribution in [2.75, 3.05) is 0 Å². The summed E-state index contributed by atoms with van der Waals surface area (Å²) in [6.07, 6.45) is 0. The zero-order valence-corrected chi connectivity index (χ0v) is 17.5. The van der Waals surface area contributed by atoms with Gasteiger partial charge in [0.25, 0.3) is 0 Å². The summed E-state index contributed by atoms with van der Waals surface area (Å²) in [7, 11) is 0. The Hall–Kier alpha value is -2.15. The summed E-state index contributed by atoms with van der Waals surface area (Å²) in [5.74, 6) is 0.0820. The summed E-state index contributed by atoms with van der Waals surface area (Å²) in [4.78, 5) is 16.3. The van der Waals surface area contributed by atoms with E-state index in [-0.39, 0.29) is 5.56 Å². The van der Waals surface area contributed by atoms with E-state index in [1.807, 2.05) is 24.3 Å². The molecule has 7 heteroatoms. The van der Waals surface area contributed by atoms with Gasteiger partial charge in [-0.3, -0.25) is 0 Å². The van der Waals surface area contributed by atoms with Crippen molar-refractivity contribution < 1.29 is 14.3 Å². The molecule has 4 rings (SSSR count). The molecule has 0 aliphatic heterocycles. The Morgan fingerprint density at radius 3 is 2.52 bits per heavy atom. The number of furan rings is 1. The van der Waals surface area contributed by atoms with E-state index in [1.54, 1.807) is 24.3 Å². The number of carboxylic acid groups (broad SMARTS) is 1. The molecule has 134 valence electrons. The number of aromatic nitrogens is 1. The first-order chi connectivity index (χ1) is 12.9. The summed E-state index contributed by atoms with van der Waals surface area (Å²) >= 11 is 12.9. The maximum atomic E-state index is 11.7. The average molecular weight is 508 g/mol. The first-order valence-corrected chi connectivity index (χ1v) is 9.78. The van der Waals surface area contributed by atoms with Gasteiger partial charge in [-0.25, -0.2) is 9.78 Å². The number of benzene rings is 2. The first kappa shape index (κ1) is 18.2. The number of aromatic carboxylic acids is 1. The van der Waals surface area contributed by atoms with Crippen LogP contribution in [0.4, 0.5) is 0 Å². The normalized spacial score (nSPS) is 11.1. The number of rotatable bonds is 3. The van der Waals surface area contributed by atoms with E-state index in [9.17, 15) is 9.90 Å². The quantitative estimate of drug-likeness (QED) is 0.323. The van der Waals surface area contributed by atoms with Crippen LogP contribution in [-0.2, 0) is 0 Å². The highest BCUT2D eigenvalue weighted by atomic mass is 79.9. The summed E-state index contributed by atoms with van der Waals surface area (Å²) in [5, 5.41) is 10.7. The van der Waals surface area contributed by atoms with Crippen LogP contribution in [0.1, 0.15) is 10.4 Å². The van der Waals surface area contributed by atoms with Crippen molar-refractivity contribution in [3.8, 4) is 22.8 Å². The number of carboxylic acids is 1. The number of fused-ring (bicyclic) bond motifs is 1. The fraction of sp³-hybridized carbons (Fsp3) is 0. The molecule has 0 atom stereocenters. The summed E-state index contributed by atoms with van der Waals surface area (Å²) < 4.78 is 7.51. The second-order valence-electron chi connectivity index (χ2n) is 5.81. The largest absolute Gasteiger partial charge is 0.478 e. The minimum absolute atomic E-state index is 0.168. The van der Waals surface area contributed by atoms with Gasteiger partial charge in [0, 0.05) is 19.9 Å². The van der Waals surface area contributed by atoms with Gasteiger partial charge in [-0.05, 0) is 64.5 Å². The van der Waals surface area contributed by atoms with Crippen molar-refractivity contribution in [3.05, 3.63) is 74.1 Å². The average Bonchev–Trinajstić information content (AvgIpc) is 3.13. The Kier molecular flexibility index (Phi) is 4.80. The molecular formula is C20H10Br2ClNO3. The number of pyridine rings is 1. The van der Waals surface area contributed by atoms with Crippen LogP contribution in [0, 0.1) is 0 Å². The van der Waals surface area contributed by atoms with Crippen LogP contribution in [0.5, 0.6) is 0 Å². The van der Waals surface area contributed by atoms with E-state index in [2.05, 4.69) is 36.8 Å². The van der Waals surface area contributed by atoms with Gasteiger partial charge in [-0.1, -0.05) is 33.6 Å². The lowest BCUT2D eigenvalue weighted by Gasteiger charge is -2.06. The number of halogens is 3. The SMILES string of the molecule is O=C(O)c1cc(-c2ccc(-c3ccc(Br)c(Cl)c3)o2)nc2ccc(Br)cc12. The lowest BCUT2D eigenvalue weighted by molar-refractivity contribution is 0.0699. The molecule has 0 fully saturated rings. The van der Waals surface area contributed by atoms with E-state index in [1.165, 1.54) is 6.07 Å². The number of carbonyl (C=O) groups is 1. The molecule has 1 N–H and O–H groups in total. The molecule has 0 radical (unpaired) electrons. The highest BCUT2D eigenvalue weighted by molar-refractivity contribution is 9.10. The molecule has 4 aromatic rings. The van der Waals surface area contributed by atoms with Crippen LogP contribution in [0.2, 0.25) is 5.02 Å². The van der Waals surface area contributed by atoms with E-state index in [0.29, 0.717) is 33.1 Å². The van der Waals surface area contributed by atoms with Crippen LogP contribution in [-0.4, -0.2) is 16.1 Å². The van der Waals surface area contributed by atoms with Gasteiger partial charge < -0.3 is 9.52 Å². The Balaban J connectivity index is 1.83. The zero-order chi connectivity index (χ0) is 19.1. The van der Waals surface area contributed by atoms with Gasteiger partial charge in [-0.2, -0.15) is 0 Å². The maximum Gasteiger partial charge on any atom is 0.336 e. The smallest absolute Gasteiger partial charge is 0.336 e. The van der Waals surface area contributed by atoms with Crippen LogP contribution in [0.3, 0.4) is 0 Å². The Bertz CT molecular complexity index is 1200. The second kappa shape index (κ2) is 7.11. The van der Waals surface area contributed by atoms with E-state index in [0.717, 1.165) is 14.5 Å². The third-order valence-corrected chi connectivity index (χ3v) is 5.79. The third kappa shape index (κ3) is 3.52. The Morgan fingerprint density at radius 2 is 1.78 bits per heavy atom. The maximum absolute atomic E-state index is 11.7. The first-order valence-electron chi connectivity index (χ1n) is 7.81. The number of hydrogen-bond acceptors (Lipinski definition) is 3. The van der Waals surface area contributed by atoms with Crippen molar-refractivity contribution >= 4 is 60.3 Å². The van der Waals surface area contributed by atoms with Gasteiger partial charge in [-0.15, -0.1) is 0 Å². The molecule has 0 aliphatic rings. The topological polar surface area (TPSA) is 63.3 Å². The second-order valence-corrected chi connectivity index (χ2v) is 7.99.